The van der Waals surface area contributed by atoms with E-state index in [0.29, 0.717) is 18.1 Å². The van der Waals surface area contributed by atoms with E-state index in [2.05, 4.69) is 18.5 Å². The first-order chi connectivity index (χ1) is 14.1. The normalized spacial score (nSPS) is 18.6. The third kappa shape index (κ3) is 4.97. The van der Waals surface area contributed by atoms with Crippen LogP contribution in [0, 0.1) is 0 Å². The second kappa shape index (κ2) is 9.89. The summed E-state index contributed by atoms with van der Waals surface area (Å²) in [5.41, 5.74) is 0.444. The minimum atomic E-state index is -0.104. The van der Waals surface area contributed by atoms with Gasteiger partial charge in [0.1, 0.15) is 12.7 Å². The van der Waals surface area contributed by atoms with Gasteiger partial charge in [-0.3, -0.25) is 9.69 Å². The number of nitrogens with zero attached hydrogens (tertiary/aromatic N) is 5. The molecule has 158 valence electrons. The topological polar surface area (TPSA) is 71.0 Å². The van der Waals surface area contributed by atoms with Crippen molar-refractivity contribution in [3.8, 4) is 11.5 Å². The van der Waals surface area contributed by atoms with Crippen LogP contribution in [0.25, 0.3) is 0 Å². The highest BCUT2D eigenvalue weighted by molar-refractivity contribution is 6.99. The smallest absolute Gasteiger partial charge is 0.276 e. The van der Waals surface area contributed by atoms with Crippen LogP contribution in [-0.2, 0) is 0 Å². The van der Waals surface area contributed by atoms with Gasteiger partial charge >= 0.3 is 0 Å². The highest BCUT2D eigenvalue weighted by Crippen LogP contribution is 2.31. The van der Waals surface area contributed by atoms with Crippen LogP contribution in [-0.4, -0.2) is 84.0 Å². The number of rotatable bonds is 4. The van der Waals surface area contributed by atoms with E-state index in [9.17, 15) is 4.79 Å². The predicted octanol–water partition coefficient (Wildman–Crippen LogP) is 2.23. The minimum Gasteiger partial charge on any atom is -0.486 e. The van der Waals surface area contributed by atoms with E-state index in [1.165, 1.54) is 4.90 Å². The molecule has 29 heavy (non-hydrogen) atoms. The summed E-state index contributed by atoms with van der Waals surface area (Å²) in [6.07, 6.45) is 0.0262. The standard InChI is InChI=1S/C18H23N5O3S.C2H6/c1-21(2)18(24)16-17(20-27-19-16)23-9-7-22(8-10-23)11-13-12-25-14-5-3-4-6-15(14)26-13;1-2/h3-6,13H,7-12H2,1-2H3;1-2H3/t13-;/m0./s1. The number of anilines is 1. The summed E-state index contributed by atoms with van der Waals surface area (Å²) in [5.74, 6) is 2.22. The summed E-state index contributed by atoms with van der Waals surface area (Å²) in [6, 6.07) is 7.78. The number of fused-ring (bicyclic) bond motifs is 1. The summed E-state index contributed by atoms with van der Waals surface area (Å²) in [4.78, 5) is 18.3. The Balaban J connectivity index is 0.00000117. The molecular weight excluding hydrogens is 390 g/mol. The van der Waals surface area contributed by atoms with Gasteiger partial charge in [-0.05, 0) is 12.1 Å². The van der Waals surface area contributed by atoms with Gasteiger partial charge < -0.3 is 19.3 Å². The Morgan fingerprint density at radius 1 is 1.14 bits per heavy atom. The molecule has 0 unspecified atom stereocenters. The zero-order chi connectivity index (χ0) is 20.8. The first-order valence-corrected chi connectivity index (χ1v) is 10.7. The number of hydrogen-bond acceptors (Lipinski definition) is 8. The molecule has 1 aromatic carbocycles. The summed E-state index contributed by atoms with van der Waals surface area (Å²) in [6.45, 7) is 8.77. The maximum atomic E-state index is 12.3. The monoisotopic (exact) mass is 419 g/mol. The van der Waals surface area contributed by atoms with Gasteiger partial charge in [-0.15, -0.1) is 0 Å². The lowest BCUT2D eigenvalue weighted by molar-refractivity contribution is 0.0571. The summed E-state index contributed by atoms with van der Waals surface area (Å²) in [7, 11) is 3.46. The van der Waals surface area contributed by atoms with Gasteiger partial charge in [0.05, 0.1) is 11.7 Å². The predicted molar refractivity (Wildman–Crippen MR) is 114 cm³/mol. The summed E-state index contributed by atoms with van der Waals surface area (Å²) in [5, 5.41) is 0. The zero-order valence-corrected chi connectivity index (χ0v) is 18.3. The Kier molecular flexibility index (Phi) is 7.27. The average Bonchev–Trinajstić information content (AvgIpc) is 3.25. The van der Waals surface area contributed by atoms with Crippen molar-refractivity contribution in [2.75, 3.05) is 58.3 Å². The van der Waals surface area contributed by atoms with Crippen LogP contribution in [0.1, 0.15) is 24.3 Å². The fraction of sp³-hybridized carbons (Fsp3) is 0.550. The second-order valence-corrected chi connectivity index (χ2v) is 7.45. The van der Waals surface area contributed by atoms with Crippen molar-refractivity contribution in [1.29, 1.82) is 0 Å². The lowest BCUT2D eigenvalue weighted by atomic mass is 10.2. The van der Waals surface area contributed by atoms with Crippen LogP contribution < -0.4 is 14.4 Å². The molecule has 0 radical (unpaired) electrons. The van der Waals surface area contributed by atoms with Crippen LogP contribution in [0.4, 0.5) is 5.82 Å². The molecule has 1 fully saturated rings. The number of benzene rings is 1. The second-order valence-electron chi connectivity index (χ2n) is 6.92. The number of hydrogen-bond donors (Lipinski definition) is 0. The van der Waals surface area contributed by atoms with Crippen LogP contribution in [0.15, 0.2) is 24.3 Å². The molecule has 0 N–H and O–H groups in total. The molecule has 2 aromatic rings. The number of ether oxygens (including phenoxy) is 2. The van der Waals surface area contributed by atoms with Gasteiger partial charge in [0.15, 0.2) is 23.0 Å². The number of amides is 1. The van der Waals surface area contributed by atoms with Crippen molar-refractivity contribution in [2.45, 2.75) is 20.0 Å². The highest BCUT2D eigenvalue weighted by atomic mass is 32.1. The average molecular weight is 420 g/mol. The maximum Gasteiger partial charge on any atom is 0.276 e. The van der Waals surface area contributed by atoms with Crippen molar-refractivity contribution in [3.63, 3.8) is 0 Å². The first-order valence-electron chi connectivity index (χ1n) is 10.0. The van der Waals surface area contributed by atoms with E-state index in [0.717, 1.165) is 56.0 Å². The van der Waals surface area contributed by atoms with Gasteiger partial charge in [0, 0.05) is 46.8 Å². The van der Waals surface area contributed by atoms with Crippen LogP contribution in [0.2, 0.25) is 0 Å². The molecule has 8 nitrogen and oxygen atoms in total. The fourth-order valence-electron chi connectivity index (χ4n) is 3.32. The molecule has 0 saturated carbocycles. The first kappa shape index (κ1) is 21.3. The van der Waals surface area contributed by atoms with E-state index in [1.54, 1.807) is 14.1 Å². The lowest BCUT2D eigenvalue weighted by Gasteiger charge is -2.37. The Labute approximate surface area is 176 Å². The zero-order valence-electron chi connectivity index (χ0n) is 17.5. The van der Waals surface area contributed by atoms with Crippen molar-refractivity contribution in [1.82, 2.24) is 18.5 Å². The molecule has 0 aliphatic carbocycles. The number of para-hydroxylation sites is 2. The van der Waals surface area contributed by atoms with Gasteiger partial charge in [-0.2, -0.15) is 8.75 Å². The third-order valence-corrected chi connectivity index (χ3v) is 5.30. The van der Waals surface area contributed by atoms with E-state index >= 15 is 0 Å². The van der Waals surface area contributed by atoms with Crippen molar-refractivity contribution in [2.24, 2.45) is 0 Å². The third-order valence-electron chi connectivity index (χ3n) is 4.78. The molecule has 1 atom stereocenters. The highest BCUT2D eigenvalue weighted by Gasteiger charge is 2.28. The summed E-state index contributed by atoms with van der Waals surface area (Å²) >= 11 is 1.09. The molecular formula is C20H29N5O3S. The molecule has 1 aromatic heterocycles. The SMILES string of the molecule is CC.CN(C)C(=O)c1nsnc1N1CCN(C[C@H]2COc3ccccc3O2)CC1. The maximum absolute atomic E-state index is 12.3. The summed E-state index contributed by atoms with van der Waals surface area (Å²) < 4.78 is 20.4. The van der Waals surface area contributed by atoms with Crippen molar-refractivity contribution < 1.29 is 14.3 Å². The van der Waals surface area contributed by atoms with Crippen LogP contribution in [0.3, 0.4) is 0 Å². The molecule has 4 rings (SSSR count). The van der Waals surface area contributed by atoms with E-state index in [-0.39, 0.29) is 12.0 Å². The fourth-order valence-corrected chi connectivity index (χ4v) is 3.88. The lowest BCUT2D eigenvalue weighted by Crippen LogP contribution is -2.51. The molecule has 2 aliphatic heterocycles. The Morgan fingerprint density at radius 3 is 2.52 bits per heavy atom. The number of carbonyl (C=O) groups is 1. The largest absolute Gasteiger partial charge is 0.486 e. The molecule has 2 aliphatic rings. The number of piperazine rings is 1. The van der Waals surface area contributed by atoms with Crippen LogP contribution >= 0.6 is 11.7 Å². The Hall–Kier alpha value is -2.39. The van der Waals surface area contributed by atoms with Gasteiger partial charge in [-0.25, -0.2) is 0 Å². The van der Waals surface area contributed by atoms with E-state index in [4.69, 9.17) is 9.47 Å². The van der Waals surface area contributed by atoms with Crippen LogP contribution in [0.5, 0.6) is 11.5 Å². The van der Waals surface area contributed by atoms with Gasteiger partial charge in [-0.1, -0.05) is 26.0 Å². The molecule has 9 heteroatoms. The Bertz CT molecular complexity index is 805. The molecule has 1 saturated heterocycles. The molecule has 0 bridgehead atoms. The number of aromatic nitrogens is 2. The van der Waals surface area contributed by atoms with E-state index in [1.807, 2.05) is 38.1 Å². The van der Waals surface area contributed by atoms with E-state index < -0.39 is 0 Å². The Morgan fingerprint density at radius 2 is 1.83 bits per heavy atom. The minimum absolute atomic E-state index is 0.0262. The van der Waals surface area contributed by atoms with Gasteiger partial charge in [0.2, 0.25) is 0 Å². The number of carbonyl (C=O) groups excluding carboxylic acids is 1. The molecule has 3 heterocycles. The molecule has 0 spiro atoms. The van der Waals surface area contributed by atoms with Gasteiger partial charge in [0.25, 0.3) is 5.91 Å². The molecule has 1 amide bonds. The van der Waals surface area contributed by atoms with Crippen molar-refractivity contribution >= 4 is 23.5 Å². The van der Waals surface area contributed by atoms with Crippen molar-refractivity contribution in [3.05, 3.63) is 30.0 Å². The quantitative estimate of drug-likeness (QED) is 0.753.